The minimum Gasteiger partial charge on any atom is -0.457 e. The van der Waals surface area contributed by atoms with Gasteiger partial charge in [0.05, 0.1) is 19.8 Å². The molecule has 0 saturated heterocycles. The predicted molar refractivity (Wildman–Crippen MR) is 274 cm³/mol. The standard InChI is InChI=1S/C55H96NO7P/c1-3-5-7-9-11-13-15-17-19-21-23-25-27-28-30-32-34-36-38-40-42-44-46-48-55(57)63-54(53-62-64(58,59)61-51-49-56)52-60-50-47-45-43-41-39-37-35-33-31-29-26-24-22-20-18-16-14-12-10-8-6-4-2/h5,7,11,13,16-19,22-25,28,30,34,36,54H,3-4,6,8-10,12,14-15,20-21,26-27,29,31-33,35,37-53,56H2,1-2H3,(H,58,59)/b7-5-,13-11-,18-16-,19-17-,24-22-,25-23-,30-28-,36-34-. The van der Waals surface area contributed by atoms with Gasteiger partial charge in [-0.25, -0.2) is 4.57 Å². The molecule has 0 aromatic rings. The first-order chi connectivity index (χ1) is 31.4. The summed E-state index contributed by atoms with van der Waals surface area (Å²) < 4.78 is 33.6. The lowest BCUT2D eigenvalue weighted by Gasteiger charge is -2.20. The van der Waals surface area contributed by atoms with E-state index in [2.05, 4.69) is 111 Å². The van der Waals surface area contributed by atoms with E-state index in [-0.39, 0.29) is 38.8 Å². The summed E-state index contributed by atoms with van der Waals surface area (Å²) in [7, 11) is -4.30. The second kappa shape index (κ2) is 51.4. The van der Waals surface area contributed by atoms with Gasteiger partial charge in [0.25, 0.3) is 0 Å². The van der Waals surface area contributed by atoms with Gasteiger partial charge in [0.15, 0.2) is 0 Å². The van der Waals surface area contributed by atoms with E-state index in [0.717, 1.165) is 89.9 Å². The fourth-order valence-corrected chi connectivity index (χ4v) is 7.50. The molecule has 0 spiro atoms. The van der Waals surface area contributed by atoms with Crippen LogP contribution in [0, 0.1) is 0 Å². The van der Waals surface area contributed by atoms with Crippen LogP contribution in [0.5, 0.6) is 0 Å². The zero-order valence-corrected chi connectivity index (χ0v) is 41.9. The van der Waals surface area contributed by atoms with Crippen molar-refractivity contribution in [3.63, 3.8) is 0 Å². The topological polar surface area (TPSA) is 117 Å². The van der Waals surface area contributed by atoms with Crippen molar-refractivity contribution in [1.82, 2.24) is 0 Å². The number of rotatable bonds is 48. The highest BCUT2D eigenvalue weighted by atomic mass is 31.2. The van der Waals surface area contributed by atoms with Crippen LogP contribution in [0.15, 0.2) is 97.2 Å². The Labute approximate surface area is 393 Å². The fourth-order valence-electron chi connectivity index (χ4n) is 6.74. The molecule has 0 aliphatic heterocycles. The second-order valence-electron chi connectivity index (χ2n) is 16.6. The molecule has 0 heterocycles. The molecule has 0 bridgehead atoms. The molecule has 0 aromatic carbocycles. The fraction of sp³-hybridized carbons (Fsp3) is 0.691. The van der Waals surface area contributed by atoms with Gasteiger partial charge < -0.3 is 20.1 Å². The summed E-state index contributed by atoms with van der Waals surface area (Å²) in [6.45, 7) is 4.75. The minimum absolute atomic E-state index is 0.0901. The lowest BCUT2D eigenvalue weighted by Crippen LogP contribution is -2.28. The van der Waals surface area contributed by atoms with Crippen molar-refractivity contribution in [3.8, 4) is 0 Å². The predicted octanol–water partition coefficient (Wildman–Crippen LogP) is 16.2. The van der Waals surface area contributed by atoms with Crippen molar-refractivity contribution >= 4 is 13.8 Å². The third-order valence-corrected chi connectivity index (χ3v) is 11.5. The SMILES string of the molecule is CC/C=C\C/C=C\C/C=C\C/C=C\C/C=C\C/C=C\CCCCCCC(=O)OC(COCCCCCCCCCCCC/C=C\C/C=C\CCCCCCC)COP(=O)(O)OCCN. The maximum Gasteiger partial charge on any atom is 0.472 e. The summed E-state index contributed by atoms with van der Waals surface area (Å²) in [6.07, 6.45) is 68.7. The molecule has 2 atom stereocenters. The largest absolute Gasteiger partial charge is 0.472 e. The van der Waals surface area contributed by atoms with Gasteiger partial charge in [-0.15, -0.1) is 0 Å². The van der Waals surface area contributed by atoms with Crippen LogP contribution in [0.1, 0.15) is 206 Å². The molecule has 368 valence electrons. The summed E-state index contributed by atoms with van der Waals surface area (Å²) in [6, 6.07) is 0. The Hall–Kier alpha value is -2.58. The van der Waals surface area contributed by atoms with E-state index in [0.29, 0.717) is 6.61 Å². The summed E-state index contributed by atoms with van der Waals surface area (Å²) in [5.41, 5.74) is 5.39. The van der Waals surface area contributed by atoms with Crippen molar-refractivity contribution < 1.29 is 32.8 Å². The first-order valence-corrected chi connectivity index (χ1v) is 27.2. The normalized spacial score (nSPS) is 14.1. The highest BCUT2D eigenvalue weighted by Crippen LogP contribution is 2.43. The maximum atomic E-state index is 12.7. The maximum absolute atomic E-state index is 12.7. The molecule has 0 saturated carbocycles. The molecule has 0 aliphatic carbocycles. The molecule has 0 aromatic heterocycles. The molecule has 0 amide bonds. The number of carbonyl (C=O) groups is 1. The summed E-state index contributed by atoms with van der Waals surface area (Å²) in [5.74, 6) is -0.358. The lowest BCUT2D eigenvalue weighted by molar-refractivity contribution is -0.154. The average molecular weight is 914 g/mol. The highest BCUT2D eigenvalue weighted by Gasteiger charge is 2.25. The van der Waals surface area contributed by atoms with Crippen molar-refractivity contribution in [1.29, 1.82) is 0 Å². The van der Waals surface area contributed by atoms with Gasteiger partial charge in [-0.3, -0.25) is 13.8 Å². The number of phosphoric ester groups is 1. The van der Waals surface area contributed by atoms with Crippen molar-refractivity contribution in [2.24, 2.45) is 5.73 Å². The monoisotopic (exact) mass is 914 g/mol. The first-order valence-electron chi connectivity index (χ1n) is 25.7. The van der Waals surface area contributed by atoms with Crippen LogP contribution in [-0.2, 0) is 27.9 Å². The molecule has 64 heavy (non-hydrogen) atoms. The summed E-state index contributed by atoms with van der Waals surface area (Å²) >= 11 is 0. The van der Waals surface area contributed by atoms with Gasteiger partial charge in [0.1, 0.15) is 6.10 Å². The summed E-state index contributed by atoms with van der Waals surface area (Å²) in [5, 5.41) is 0. The molecule has 2 unspecified atom stereocenters. The Balaban J connectivity index is 4.04. The summed E-state index contributed by atoms with van der Waals surface area (Å²) in [4.78, 5) is 22.6. The van der Waals surface area contributed by atoms with Crippen LogP contribution in [-0.4, -0.2) is 49.9 Å². The number of phosphoric acid groups is 1. The molecule has 0 radical (unpaired) electrons. The van der Waals surface area contributed by atoms with Crippen LogP contribution in [0.2, 0.25) is 0 Å². The van der Waals surface area contributed by atoms with Gasteiger partial charge in [-0.1, -0.05) is 201 Å². The number of nitrogens with two attached hydrogens (primary N) is 1. The number of allylic oxidation sites excluding steroid dienone is 16. The van der Waals surface area contributed by atoms with Crippen LogP contribution in [0.3, 0.4) is 0 Å². The third kappa shape index (κ3) is 50.4. The Kier molecular flexibility index (Phi) is 49.3. The number of hydrogen-bond acceptors (Lipinski definition) is 7. The van der Waals surface area contributed by atoms with E-state index in [1.54, 1.807) is 0 Å². The van der Waals surface area contributed by atoms with E-state index in [1.807, 2.05) is 0 Å². The van der Waals surface area contributed by atoms with Crippen molar-refractivity contribution in [2.75, 3.05) is 33.0 Å². The molecule has 0 rings (SSSR count). The second-order valence-corrected chi connectivity index (χ2v) is 18.1. The molecule has 0 fully saturated rings. The Morgan fingerprint density at radius 1 is 0.484 bits per heavy atom. The van der Waals surface area contributed by atoms with Gasteiger partial charge in [0.2, 0.25) is 0 Å². The van der Waals surface area contributed by atoms with E-state index in [1.165, 1.54) is 96.3 Å². The Morgan fingerprint density at radius 2 is 0.875 bits per heavy atom. The Bertz CT molecular complexity index is 1300. The zero-order valence-electron chi connectivity index (χ0n) is 41.0. The number of hydrogen-bond donors (Lipinski definition) is 2. The molecule has 9 heteroatoms. The third-order valence-electron chi connectivity index (χ3n) is 10.5. The number of carbonyl (C=O) groups excluding carboxylic acids is 1. The molecule has 8 nitrogen and oxygen atoms in total. The molecule has 3 N–H and O–H groups in total. The van der Waals surface area contributed by atoms with Crippen molar-refractivity contribution in [2.45, 2.75) is 213 Å². The minimum atomic E-state index is -4.30. The molecule has 0 aliphatic rings. The van der Waals surface area contributed by atoms with Gasteiger partial charge in [-0.2, -0.15) is 0 Å². The first kappa shape index (κ1) is 61.4. The van der Waals surface area contributed by atoms with E-state index in [4.69, 9.17) is 24.3 Å². The lowest BCUT2D eigenvalue weighted by atomic mass is 10.1. The average Bonchev–Trinajstić information content (AvgIpc) is 3.29. The van der Waals surface area contributed by atoms with Gasteiger partial charge >= 0.3 is 13.8 Å². The van der Waals surface area contributed by atoms with E-state index in [9.17, 15) is 14.3 Å². The van der Waals surface area contributed by atoms with Crippen LogP contribution in [0.4, 0.5) is 0 Å². The highest BCUT2D eigenvalue weighted by molar-refractivity contribution is 7.47. The van der Waals surface area contributed by atoms with E-state index < -0.39 is 13.9 Å². The number of unbranched alkanes of at least 4 members (excludes halogenated alkanes) is 19. The van der Waals surface area contributed by atoms with E-state index >= 15 is 0 Å². The zero-order chi connectivity index (χ0) is 46.5. The van der Waals surface area contributed by atoms with Crippen LogP contribution < -0.4 is 5.73 Å². The molecular weight excluding hydrogens is 818 g/mol. The van der Waals surface area contributed by atoms with Crippen LogP contribution in [0.25, 0.3) is 0 Å². The Morgan fingerprint density at radius 3 is 1.31 bits per heavy atom. The van der Waals surface area contributed by atoms with Crippen molar-refractivity contribution in [3.05, 3.63) is 97.2 Å². The van der Waals surface area contributed by atoms with Gasteiger partial charge in [0, 0.05) is 19.6 Å². The number of esters is 1. The van der Waals surface area contributed by atoms with Crippen LogP contribution >= 0.6 is 7.82 Å². The van der Waals surface area contributed by atoms with Gasteiger partial charge in [-0.05, 0) is 96.3 Å². The quantitative estimate of drug-likeness (QED) is 0.0268. The molecular formula is C55H96NO7P. The smallest absolute Gasteiger partial charge is 0.457 e. The number of ether oxygens (including phenoxy) is 2.